The normalized spacial score (nSPS) is 26.9. The molecular formula is C15H19FO3. The van der Waals surface area contributed by atoms with Gasteiger partial charge in [-0.3, -0.25) is 4.79 Å². The molecule has 0 aromatic heterocycles. The molecule has 0 heterocycles. The number of hydrogen-bond acceptors (Lipinski definition) is 3. The molecule has 104 valence electrons. The quantitative estimate of drug-likeness (QED) is 0.786. The van der Waals surface area contributed by atoms with Crippen molar-refractivity contribution in [1.82, 2.24) is 0 Å². The SMILES string of the molecule is CC(=O)OC1C(F)CCCC1OCc1ccccc1. The van der Waals surface area contributed by atoms with Gasteiger partial charge in [0, 0.05) is 6.92 Å². The maximum absolute atomic E-state index is 13.8. The Morgan fingerprint density at radius 3 is 2.74 bits per heavy atom. The van der Waals surface area contributed by atoms with Crippen molar-refractivity contribution >= 4 is 5.97 Å². The Morgan fingerprint density at radius 2 is 2.05 bits per heavy atom. The second kappa shape index (κ2) is 6.66. The molecule has 3 atom stereocenters. The number of benzene rings is 1. The Hall–Kier alpha value is -1.42. The summed E-state index contributed by atoms with van der Waals surface area (Å²) in [6.45, 7) is 1.71. The third-order valence-electron chi connectivity index (χ3n) is 3.30. The summed E-state index contributed by atoms with van der Waals surface area (Å²) in [7, 11) is 0. The maximum atomic E-state index is 13.8. The molecule has 0 bridgehead atoms. The second-order valence-electron chi connectivity index (χ2n) is 4.86. The molecule has 1 aromatic carbocycles. The van der Waals surface area contributed by atoms with Crippen molar-refractivity contribution in [3.05, 3.63) is 35.9 Å². The van der Waals surface area contributed by atoms with Crippen molar-refractivity contribution < 1.29 is 18.7 Å². The zero-order valence-corrected chi connectivity index (χ0v) is 11.0. The molecule has 0 amide bonds. The summed E-state index contributed by atoms with van der Waals surface area (Å²) in [5.74, 6) is -0.456. The number of ether oxygens (including phenoxy) is 2. The van der Waals surface area contributed by atoms with Crippen molar-refractivity contribution in [1.29, 1.82) is 0 Å². The first-order valence-corrected chi connectivity index (χ1v) is 6.63. The van der Waals surface area contributed by atoms with Crippen LogP contribution in [0.1, 0.15) is 31.7 Å². The van der Waals surface area contributed by atoms with E-state index in [0.29, 0.717) is 13.0 Å². The molecule has 0 aliphatic heterocycles. The number of carbonyl (C=O) groups excluding carboxylic acids is 1. The van der Waals surface area contributed by atoms with Crippen LogP contribution in [0.4, 0.5) is 4.39 Å². The van der Waals surface area contributed by atoms with E-state index in [1.165, 1.54) is 6.92 Å². The lowest BCUT2D eigenvalue weighted by Gasteiger charge is -2.33. The lowest BCUT2D eigenvalue weighted by Crippen LogP contribution is -2.43. The van der Waals surface area contributed by atoms with Crippen LogP contribution in [0.15, 0.2) is 30.3 Å². The standard InChI is InChI=1S/C15H19FO3/c1-11(17)19-15-13(16)8-5-9-14(15)18-10-12-6-3-2-4-7-12/h2-4,6-7,13-15H,5,8-10H2,1H3. The number of esters is 1. The second-order valence-corrected chi connectivity index (χ2v) is 4.86. The van der Waals surface area contributed by atoms with Crippen LogP contribution in [0.3, 0.4) is 0 Å². The topological polar surface area (TPSA) is 35.5 Å². The average molecular weight is 266 g/mol. The third kappa shape index (κ3) is 4.03. The van der Waals surface area contributed by atoms with Gasteiger partial charge in [0.15, 0.2) is 6.10 Å². The molecule has 1 saturated carbocycles. The molecular weight excluding hydrogens is 247 g/mol. The summed E-state index contributed by atoms with van der Waals surface area (Å²) in [5, 5.41) is 0. The van der Waals surface area contributed by atoms with Gasteiger partial charge < -0.3 is 9.47 Å². The smallest absolute Gasteiger partial charge is 0.303 e. The Bertz CT molecular complexity index is 407. The van der Waals surface area contributed by atoms with Crippen molar-refractivity contribution in [3.63, 3.8) is 0 Å². The fourth-order valence-corrected chi connectivity index (χ4v) is 2.37. The molecule has 0 radical (unpaired) electrons. The fraction of sp³-hybridized carbons (Fsp3) is 0.533. The zero-order chi connectivity index (χ0) is 13.7. The van der Waals surface area contributed by atoms with Gasteiger partial charge in [-0.05, 0) is 24.8 Å². The summed E-state index contributed by atoms with van der Waals surface area (Å²) in [6.07, 6.45) is -0.326. The van der Waals surface area contributed by atoms with Crippen molar-refractivity contribution in [3.8, 4) is 0 Å². The van der Waals surface area contributed by atoms with E-state index in [4.69, 9.17) is 9.47 Å². The van der Waals surface area contributed by atoms with Gasteiger partial charge in [-0.2, -0.15) is 0 Å². The van der Waals surface area contributed by atoms with Gasteiger partial charge in [-0.25, -0.2) is 4.39 Å². The highest BCUT2D eigenvalue weighted by atomic mass is 19.1. The van der Waals surface area contributed by atoms with Gasteiger partial charge in [0.25, 0.3) is 0 Å². The number of rotatable bonds is 4. The molecule has 0 spiro atoms. The van der Waals surface area contributed by atoms with E-state index in [-0.39, 0.29) is 6.10 Å². The first-order chi connectivity index (χ1) is 9.16. The molecule has 1 aliphatic rings. The van der Waals surface area contributed by atoms with Crippen molar-refractivity contribution in [2.24, 2.45) is 0 Å². The molecule has 3 nitrogen and oxygen atoms in total. The Kier molecular flexibility index (Phi) is 4.91. The lowest BCUT2D eigenvalue weighted by atomic mass is 9.92. The van der Waals surface area contributed by atoms with Crippen molar-refractivity contribution in [2.45, 2.75) is 51.2 Å². The summed E-state index contributed by atoms with van der Waals surface area (Å²) < 4.78 is 24.6. The predicted molar refractivity (Wildman–Crippen MR) is 69.3 cm³/mol. The molecule has 3 unspecified atom stereocenters. The monoisotopic (exact) mass is 266 g/mol. The molecule has 0 saturated heterocycles. The van der Waals surface area contributed by atoms with Crippen molar-refractivity contribution in [2.75, 3.05) is 0 Å². The number of alkyl halides is 1. The average Bonchev–Trinajstić information content (AvgIpc) is 2.40. The van der Waals surface area contributed by atoms with Crippen LogP contribution >= 0.6 is 0 Å². The lowest BCUT2D eigenvalue weighted by molar-refractivity contribution is -0.167. The van der Waals surface area contributed by atoms with E-state index in [9.17, 15) is 9.18 Å². The van der Waals surface area contributed by atoms with Crippen LogP contribution in [-0.2, 0) is 20.9 Å². The maximum Gasteiger partial charge on any atom is 0.303 e. The summed E-state index contributed by atoms with van der Waals surface area (Å²) in [4.78, 5) is 11.0. The van der Waals surface area contributed by atoms with E-state index in [0.717, 1.165) is 18.4 Å². The molecule has 19 heavy (non-hydrogen) atoms. The Morgan fingerprint density at radius 1 is 1.32 bits per heavy atom. The van der Waals surface area contributed by atoms with Crippen LogP contribution in [0.5, 0.6) is 0 Å². The van der Waals surface area contributed by atoms with E-state index in [2.05, 4.69) is 0 Å². The molecule has 2 rings (SSSR count). The summed E-state index contributed by atoms with van der Waals surface area (Å²) in [5.41, 5.74) is 1.03. The van der Waals surface area contributed by atoms with E-state index >= 15 is 0 Å². The van der Waals surface area contributed by atoms with Gasteiger partial charge in [0.1, 0.15) is 6.17 Å². The third-order valence-corrected chi connectivity index (χ3v) is 3.30. The largest absolute Gasteiger partial charge is 0.457 e. The number of halogens is 1. The van der Waals surface area contributed by atoms with Gasteiger partial charge in [-0.15, -0.1) is 0 Å². The highest BCUT2D eigenvalue weighted by molar-refractivity contribution is 5.66. The van der Waals surface area contributed by atoms with Crippen LogP contribution in [0.2, 0.25) is 0 Å². The molecule has 1 aliphatic carbocycles. The summed E-state index contributed by atoms with van der Waals surface area (Å²) >= 11 is 0. The Balaban J connectivity index is 1.94. The minimum Gasteiger partial charge on any atom is -0.457 e. The van der Waals surface area contributed by atoms with Gasteiger partial charge in [0.2, 0.25) is 0 Å². The fourth-order valence-electron chi connectivity index (χ4n) is 2.37. The summed E-state index contributed by atoms with van der Waals surface area (Å²) in [6, 6.07) is 9.71. The van der Waals surface area contributed by atoms with Gasteiger partial charge >= 0.3 is 5.97 Å². The van der Waals surface area contributed by atoms with Gasteiger partial charge in [-0.1, -0.05) is 30.3 Å². The highest BCUT2D eigenvalue weighted by Gasteiger charge is 2.36. The zero-order valence-electron chi connectivity index (χ0n) is 11.0. The molecule has 1 fully saturated rings. The van der Waals surface area contributed by atoms with E-state index in [1.807, 2.05) is 30.3 Å². The van der Waals surface area contributed by atoms with E-state index in [1.54, 1.807) is 0 Å². The van der Waals surface area contributed by atoms with Crippen LogP contribution < -0.4 is 0 Å². The van der Waals surface area contributed by atoms with Gasteiger partial charge in [0.05, 0.1) is 12.7 Å². The number of carbonyl (C=O) groups is 1. The first kappa shape index (κ1) is 14.0. The van der Waals surface area contributed by atoms with E-state index < -0.39 is 18.2 Å². The highest BCUT2D eigenvalue weighted by Crippen LogP contribution is 2.27. The first-order valence-electron chi connectivity index (χ1n) is 6.63. The van der Waals surface area contributed by atoms with Crippen LogP contribution in [-0.4, -0.2) is 24.3 Å². The minimum atomic E-state index is -1.13. The predicted octanol–water partition coefficient (Wildman–Crippen LogP) is 3.03. The Labute approximate surface area is 112 Å². The minimum absolute atomic E-state index is 0.354. The molecule has 0 N–H and O–H groups in total. The molecule has 1 aromatic rings. The van der Waals surface area contributed by atoms with Crippen LogP contribution in [0, 0.1) is 0 Å². The molecule has 4 heteroatoms. The number of hydrogen-bond donors (Lipinski definition) is 0. The van der Waals surface area contributed by atoms with Crippen LogP contribution in [0.25, 0.3) is 0 Å².